The molecule has 2 aromatic rings. The fourth-order valence-corrected chi connectivity index (χ4v) is 6.24. The Labute approximate surface area is 229 Å². The van der Waals surface area contributed by atoms with Crippen molar-refractivity contribution >= 4 is 43.5 Å². The van der Waals surface area contributed by atoms with Gasteiger partial charge in [-0.05, 0) is 74.9 Å². The Balaban J connectivity index is 1.74. The van der Waals surface area contributed by atoms with Crippen LogP contribution in [-0.2, 0) is 26.2 Å². The van der Waals surface area contributed by atoms with E-state index in [1.165, 1.54) is 10.6 Å². The molecule has 0 aliphatic heterocycles. The predicted molar refractivity (Wildman–Crippen MR) is 152 cm³/mol. The Bertz CT molecular complexity index is 1210. The second-order valence-electron chi connectivity index (χ2n) is 10.0. The van der Waals surface area contributed by atoms with Crippen molar-refractivity contribution in [1.29, 1.82) is 0 Å². The molecule has 1 aliphatic rings. The van der Waals surface area contributed by atoms with Crippen molar-refractivity contribution in [3.63, 3.8) is 0 Å². The predicted octanol–water partition coefficient (Wildman–Crippen LogP) is 5.09. The molecule has 1 N–H and O–H groups in total. The number of halogens is 1. The Morgan fingerprint density at radius 2 is 1.81 bits per heavy atom. The number of benzene rings is 2. The highest BCUT2D eigenvalue weighted by Gasteiger charge is 2.29. The van der Waals surface area contributed by atoms with E-state index < -0.39 is 16.1 Å². The van der Waals surface area contributed by atoms with Gasteiger partial charge in [0.05, 0.1) is 11.9 Å². The van der Waals surface area contributed by atoms with Gasteiger partial charge in [-0.2, -0.15) is 0 Å². The maximum atomic E-state index is 13.5. The van der Waals surface area contributed by atoms with Crippen molar-refractivity contribution in [2.45, 2.75) is 77.9 Å². The average molecular weight is 593 g/mol. The third kappa shape index (κ3) is 8.30. The van der Waals surface area contributed by atoms with Crippen LogP contribution < -0.4 is 9.62 Å². The number of hydrogen-bond donors (Lipinski definition) is 1. The number of nitrogens with zero attached hydrogens (tertiary/aromatic N) is 2. The van der Waals surface area contributed by atoms with E-state index in [1.54, 1.807) is 11.8 Å². The van der Waals surface area contributed by atoms with Gasteiger partial charge in [0.1, 0.15) is 6.04 Å². The summed E-state index contributed by atoms with van der Waals surface area (Å²) in [6.45, 7) is 6.04. The number of sulfonamides is 1. The molecule has 1 saturated carbocycles. The van der Waals surface area contributed by atoms with E-state index in [0.717, 1.165) is 46.8 Å². The summed E-state index contributed by atoms with van der Waals surface area (Å²) < 4.78 is 27.5. The molecule has 202 valence electrons. The summed E-state index contributed by atoms with van der Waals surface area (Å²) in [5.74, 6) is -0.327. The summed E-state index contributed by atoms with van der Waals surface area (Å²) in [6.07, 6.45) is 5.81. The Morgan fingerprint density at radius 3 is 2.46 bits per heavy atom. The lowest BCUT2D eigenvalue weighted by atomic mass is 10.1. The number of anilines is 1. The van der Waals surface area contributed by atoms with Gasteiger partial charge in [-0.1, -0.05) is 53.0 Å². The van der Waals surface area contributed by atoms with Gasteiger partial charge in [0.25, 0.3) is 0 Å². The van der Waals surface area contributed by atoms with Crippen LogP contribution in [0.1, 0.15) is 62.1 Å². The maximum absolute atomic E-state index is 13.5. The highest BCUT2D eigenvalue weighted by Crippen LogP contribution is 2.25. The normalized spacial score (nSPS) is 14.8. The molecule has 7 nitrogen and oxygen atoms in total. The first-order valence-electron chi connectivity index (χ1n) is 12.8. The lowest BCUT2D eigenvalue weighted by Gasteiger charge is -2.30. The van der Waals surface area contributed by atoms with Gasteiger partial charge < -0.3 is 10.2 Å². The number of nitrogens with one attached hydrogen (secondary N) is 1. The number of hydrogen-bond acceptors (Lipinski definition) is 4. The van der Waals surface area contributed by atoms with Gasteiger partial charge in [-0.3, -0.25) is 13.9 Å². The molecular formula is C28H38BrN3O4S. The monoisotopic (exact) mass is 591 g/mol. The summed E-state index contributed by atoms with van der Waals surface area (Å²) in [5.41, 5.74) is 3.37. The first-order chi connectivity index (χ1) is 17.5. The molecule has 0 bridgehead atoms. The van der Waals surface area contributed by atoms with Crippen molar-refractivity contribution in [3.05, 3.63) is 63.6 Å². The topological polar surface area (TPSA) is 86.8 Å². The Kier molecular flexibility index (Phi) is 10.2. The van der Waals surface area contributed by atoms with Crippen molar-refractivity contribution in [3.8, 4) is 0 Å². The third-order valence-electron chi connectivity index (χ3n) is 6.90. The standard InChI is InChI=1S/C28H38BrN3O4S/c1-20-14-15-21(2)26(17-20)32(37(4,35)36)16-8-13-27(33)31(19-23-9-7-10-24(29)18-23)22(3)28(34)30-25-11-5-6-12-25/h7,9-10,14-15,17-18,22,25H,5-6,8,11-13,16,19H2,1-4H3,(H,30,34). The molecule has 0 spiro atoms. The third-order valence-corrected chi connectivity index (χ3v) is 8.57. The van der Waals surface area contributed by atoms with Crippen LogP contribution in [0.2, 0.25) is 0 Å². The van der Waals surface area contributed by atoms with E-state index in [1.807, 2.05) is 56.3 Å². The van der Waals surface area contributed by atoms with Crippen LogP contribution in [0.4, 0.5) is 5.69 Å². The molecule has 0 radical (unpaired) electrons. The van der Waals surface area contributed by atoms with Gasteiger partial charge in [0.2, 0.25) is 21.8 Å². The van der Waals surface area contributed by atoms with Crippen LogP contribution in [0.5, 0.6) is 0 Å². The molecule has 37 heavy (non-hydrogen) atoms. The van der Waals surface area contributed by atoms with E-state index in [-0.39, 0.29) is 30.8 Å². The van der Waals surface area contributed by atoms with Gasteiger partial charge in [-0.15, -0.1) is 0 Å². The average Bonchev–Trinajstić information content (AvgIpc) is 3.34. The Hall–Kier alpha value is -2.39. The molecule has 1 fully saturated rings. The van der Waals surface area contributed by atoms with Gasteiger partial charge in [-0.25, -0.2) is 8.42 Å². The maximum Gasteiger partial charge on any atom is 0.242 e. The van der Waals surface area contributed by atoms with Crippen LogP contribution in [0.15, 0.2) is 46.9 Å². The van der Waals surface area contributed by atoms with Gasteiger partial charge in [0.15, 0.2) is 0 Å². The van der Waals surface area contributed by atoms with Crippen molar-refractivity contribution in [2.75, 3.05) is 17.1 Å². The minimum Gasteiger partial charge on any atom is -0.352 e. The molecule has 2 amide bonds. The van der Waals surface area contributed by atoms with Crippen LogP contribution in [0.3, 0.4) is 0 Å². The number of rotatable bonds is 11. The van der Waals surface area contributed by atoms with Crippen molar-refractivity contribution in [1.82, 2.24) is 10.2 Å². The first kappa shape index (κ1) is 29.2. The van der Waals surface area contributed by atoms with Crippen molar-refractivity contribution in [2.24, 2.45) is 0 Å². The summed E-state index contributed by atoms with van der Waals surface area (Å²) >= 11 is 3.48. The SMILES string of the molecule is Cc1ccc(C)c(N(CCCC(=O)N(Cc2cccc(Br)c2)C(C)C(=O)NC2CCCC2)S(C)(=O)=O)c1. The van der Waals surface area contributed by atoms with E-state index in [0.29, 0.717) is 18.7 Å². The molecule has 3 rings (SSSR count). The summed E-state index contributed by atoms with van der Waals surface area (Å²) in [5, 5.41) is 3.11. The molecule has 0 heterocycles. The fraction of sp³-hybridized carbons (Fsp3) is 0.500. The zero-order chi connectivity index (χ0) is 27.2. The number of amides is 2. The number of carbonyl (C=O) groups excluding carboxylic acids is 2. The summed E-state index contributed by atoms with van der Waals surface area (Å²) in [6, 6.07) is 12.9. The molecule has 0 saturated heterocycles. The molecule has 9 heteroatoms. The van der Waals surface area contributed by atoms with E-state index in [4.69, 9.17) is 0 Å². The van der Waals surface area contributed by atoms with Crippen molar-refractivity contribution < 1.29 is 18.0 Å². The van der Waals surface area contributed by atoms with Crippen LogP contribution in [-0.4, -0.2) is 50.0 Å². The van der Waals surface area contributed by atoms with Crippen LogP contribution in [0, 0.1) is 13.8 Å². The highest BCUT2D eigenvalue weighted by molar-refractivity contribution is 9.10. The minimum absolute atomic E-state index is 0.131. The summed E-state index contributed by atoms with van der Waals surface area (Å²) in [4.78, 5) is 28.1. The van der Waals surface area contributed by atoms with E-state index in [9.17, 15) is 18.0 Å². The lowest BCUT2D eigenvalue weighted by molar-refractivity contribution is -0.141. The van der Waals surface area contributed by atoms with Gasteiger partial charge in [0, 0.05) is 30.0 Å². The molecule has 1 unspecified atom stereocenters. The van der Waals surface area contributed by atoms with E-state index in [2.05, 4.69) is 21.2 Å². The zero-order valence-corrected chi connectivity index (χ0v) is 24.6. The van der Waals surface area contributed by atoms with E-state index >= 15 is 0 Å². The second kappa shape index (κ2) is 12.9. The molecular weight excluding hydrogens is 554 g/mol. The fourth-order valence-electron chi connectivity index (χ4n) is 4.78. The summed E-state index contributed by atoms with van der Waals surface area (Å²) in [7, 11) is -3.53. The molecule has 0 aromatic heterocycles. The van der Waals surface area contributed by atoms with Gasteiger partial charge >= 0.3 is 0 Å². The second-order valence-corrected chi connectivity index (χ2v) is 12.9. The number of aryl methyl sites for hydroxylation is 2. The largest absolute Gasteiger partial charge is 0.352 e. The van der Waals surface area contributed by atoms with Crippen LogP contribution >= 0.6 is 15.9 Å². The molecule has 1 atom stereocenters. The Morgan fingerprint density at radius 1 is 1.11 bits per heavy atom. The molecule has 1 aliphatic carbocycles. The van der Waals surface area contributed by atoms with Crippen LogP contribution in [0.25, 0.3) is 0 Å². The lowest BCUT2D eigenvalue weighted by Crippen LogP contribution is -2.49. The first-order valence-corrected chi connectivity index (χ1v) is 15.5. The zero-order valence-electron chi connectivity index (χ0n) is 22.2. The quantitative estimate of drug-likeness (QED) is 0.394. The number of carbonyl (C=O) groups is 2. The smallest absolute Gasteiger partial charge is 0.242 e. The minimum atomic E-state index is -3.53. The molecule has 2 aromatic carbocycles. The highest BCUT2D eigenvalue weighted by atomic mass is 79.9.